The van der Waals surface area contributed by atoms with E-state index in [4.69, 9.17) is 15.5 Å². The Morgan fingerprint density at radius 2 is 1.96 bits per heavy atom. The van der Waals surface area contributed by atoms with Crippen molar-refractivity contribution in [3.05, 3.63) is 59.9 Å². The summed E-state index contributed by atoms with van der Waals surface area (Å²) in [5, 5.41) is 0. The number of hydrogen-bond acceptors (Lipinski definition) is 4. The van der Waals surface area contributed by atoms with Crippen LogP contribution in [0.2, 0.25) is 0 Å². The van der Waals surface area contributed by atoms with Gasteiger partial charge in [-0.05, 0) is 49.2 Å². The number of carbonyl (C=O) groups excluding carboxylic acids is 2. The van der Waals surface area contributed by atoms with Gasteiger partial charge in [0.1, 0.15) is 11.6 Å². The number of nitrogens with two attached hydrogens (primary N) is 1. The molecule has 144 valence electrons. The van der Waals surface area contributed by atoms with Crippen LogP contribution in [0.1, 0.15) is 34.9 Å². The van der Waals surface area contributed by atoms with E-state index in [9.17, 15) is 9.59 Å². The Bertz CT molecular complexity index is 963. The zero-order valence-electron chi connectivity index (χ0n) is 15.4. The van der Waals surface area contributed by atoms with Crippen LogP contribution in [-0.2, 0) is 4.79 Å². The van der Waals surface area contributed by atoms with Gasteiger partial charge < -0.3 is 20.4 Å². The topological polar surface area (TPSA) is 101 Å². The predicted molar refractivity (Wildman–Crippen MR) is 105 cm³/mol. The molecule has 1 fully saturated rings. The van der Waals surface area contributed by atoms with Crippen molar-refractivity contribution in [1.82, 2.24) is 14.9 Å². The molecule has 28 heavy (non-hydrogen) atoms. The number of aromatic amines is 1. The number of nitrogens with zero attached hydrogens (tertiary/aromatic N) is 2. The van der Waals surface area contributed by atoms with Crippen LogP contribution in [0.4, 0.5) is 0 Å². The minimum absolute atomic E-state index is 0.0118. The summed E-state index contributed by atoms with van der Waals surface area (Å²) >= 11 is 0. The molecular weight excluding hydrogens is 356 g/mol. The molecule has 1 saturated heterocycles. The number of fused-ring (bicyclic) bond motifs is 1. The lowest BCUT2D eigenvalue weighted by atomic mass is 9.96. The number of benzene rings is 2. The van der Waals surface area contributed by atoms with Gasteiger partial charge >= 0.3 is 0 Å². The van der Waals surface area contributed by atoms with Gasteiger partial charge in [-0.15, -0.1) is 0 Å². The van der Waals surface area contributed by atoms with Crippen LogP contribution in [0.15, 0.2) is 48.5 Å². The van der Waals surface area contributed by atoms with Crippen LogP contribution in [-0.4, -0.2) is 46.4 Å². The quantitative estimate of drug-likeness (QED) is 0.712. The predicted octanol–water partition coefficient (Wildman–Crippen LogP) is 2.45. The zero-order valence-corrected chi connectivity index (χ0v) is 15.4. The molecular formula is C21H22N4O3. The van der Waals surface area contributed by atoms with E-state index in [-0.39, 0.29) is 18.4 Å². The lowest BCUT2D eigenvalue weighted by molar-refractivity contribution is -0.119. The van der Waals surface area contributed by atoms with E-state index in [1.54, 1.807) is 24.3 Å². The number of piperidine rings is 1. The maximum absolute atomic E-state index is 12.9. The molecule has 2 heterocycles. The zero-order chi connectivity index (χ0) is 19.5. The van der Waals surface area contributed by atoms with Crippen molar-refractivity contribution in [2.24, 2.45) is 5.73 Å². The largest absolute Gasteiger partial charge is 0.484 e. The molecule has 1 aliphatic heterocycles. The van der Waals surface area contributed by atoms with Gasteiger partial charge in [0.15, 0.2) is 6.61 Å². The van der Waals surface area contributed by atoms with Gasteiger partial charge in [0.25, 0.3) is 11.8 Å². The second-order valence-electron chi connectivity index (χ2n) is 7.01. The van der Waals surface area contributed by atoms with Crippen molar-refractivity contribution in [3.8, 4) is 5.75 Å². The van der Waals surface area contributed by atoms with Crippen LogP contribution in [0.3, 0.4) is 0 Å². The first-order valence-corrected chi connectivity index (χ1v) is 9.35. The molecule has 0 bridgehead atoms. The van der Waals surface area contributed by atoms with E-state index in [0.29, 0.717) is 17.9 Å². The van der Waals surface area contributed by atoms with E-state index < -0.39 is 5.91 Å². The lowest BCUT2D eigenvalue weighted by Gasteiger charge is -2.32. The number of primary amides is 1. The number of rotatable bonds is 5. The van der Waals surface area contributed by atoms with Gasteiger partial charge in [0.2, 0.25) is 0 Å². The minimum atomic E-state index is -0.537. The third-order valence-corrected chi connectivity index (χ3v) is 4.99. The average Bonchev–Trinajstić information content (AvgIpc) is 3.16. The SMILES string of the molecule is NC(=O)COc1ccc(C(=O)N2CCC[C@@H](c3nc4ccccc4[nH]3)C2)cc1. The summed E-state index contributed by atoms with van der Waals surface area (Å²) in [7, 11) is 0. The molecule has 0 radical (unpaired) electrons. The Labute approximate surface area is 162 Å². The summed E-state index contributed by atoms with van der Waals surface area (Å²) in [6, 6.07) is 14.7. The van der Waals surface area contributed by atoms with Crippen molar-refractivity contribution >= 4 is 22.8 Å². The number of hydrogen-bond donors (Lipinski definition) is 2. The standard InChI is InChI=1S/C21H22N4O3/c22-19(26)13-28-16-9-7-14(8-10-16)21(27)25-11-3-4-15(12-25)20-23-17-5-1-2-6-18(17)24-20/h1-2,5-10,15H,3-4,11-13H2,(H2,22,26)(H,23,24)/t15-/m1/s1. The van der Waals surface area contributed by atoms with Gasteiger partial charge in [-0.1, -0.05) is 12.1 Å². The maximum Gasteiger partial charge on any atom is 0.255 e. The maximum atomic E-state index is 12.9. The second kappa shape index (κ2) is 7.72. The molecule has 4 rings (SSSR count). The van der Waals surface area contributed by atoms with E-state index in [2.05, 4.69) is 4.98 Å². The fraction of sp³-hybridized carbons (Fsp3) is 0.286. The summed E-state index contributed by atoms with van der Waals surface area (Å²) in [4.78, 5) is 33.7. The Hall–Kier alpha value is -3.35. The number of carbonyl (C=O) groups is 2. The number of ether oxygens (including phenoxy) is 1. The number of para-hydroxylation sites is 2. The van der Waals surface area contributed by atoms with Crippen molar-refractivity contribution in [1.29, 1.82) is 0 Å². The molecule has 1 aliphatic rings. The van der Waals surface area contributed by atoms with E-state index >= 15 is 0 Å². The van der Waals surface area contributed by atoms with Crippen LogP contribution in [0.5, 0.6) is 5.75 Å². The first kappa shape index (κ1) is 18.0. The molecule has 0 spiro atoms. The highest BCUT2D eigenvalue weighted by Gasteiger charge is 2.27. The number of H-pyrrole nitrogens is 1. The fourth-order valence-corrected chi connectivity index (χ4v) is 3.58. The van der Waals surface area contributed by atoms with Crippen LogP contribution >= 0.6 is 0 Å². The lowest BCUT2D eigenvalue weighted by Crippen LogP contribution is -2.39. The summed E-state index contributed by atoms with van der Waals surface area (Å²) in [6.07, 6.45) is 1.94. The van der Waals surface area contributed by atoms with Crippen molar-refractivity contribution in [3.63, 3.8) is 0 Å². The molecule has 2 aromatic carbocycles. The molecule has 0 saturated carbocycles. The first-order valence-electron chi connectivity index (χ1n) is 9.35. The highest BCUT2D eigenvalue weighted by molar-refractivity contribution is 5.94. The van der Waals surface area contributed by atoms with Crippen molar-refractivity contribution in [2.45, 2.75) is 18.8 Å². The number of imidazole rings is 1. The molecule has 3 aromatic rings. The number of nitrogens with one attached hydrogen (secondary N) is 1. The van der Waals surface area contributed by atoms with Crippen LogP contribution < -0.4 is 10.5 Å². The first-order chi connectivity index (χ1) is 13.6. The Balaban J connectivity index is 1.45. The molecule has 0 aliphatic carbocycles. The van der Waals surface area contributed by atoms with Crippen LogP contribution in [0.25, 0.3) is 11.0 Å². The van der Waals surface area contributed by atoms with Gasteiger partial charge in [-0.25, -0.2) is 4.98 Å². The van der Waals surface area contributed by atoms with Gasteiger partial charge in [-0.3, -0.25) is 9.59 Å². The summed E-state index contributed by atoms with van der Waals surface area (Å²) in [5.41, 5.74) is 7.64. The summed E-state index contributed by atoms with van der Waals surface area (Å²) < 4.78 is 5.24. The summed E-state index contributed by atoms with van der Waals surface area (Å²) in [5.74, 6) is 1.10. The van der Waals surface area contributed by atoms with E-state index in [0.717, 1.165) is 36.2 Å². The third kappa shape index (κ3) is 3.83. The van der Waals surface area contributed by atoms with Gasteiger partial charge in [0.05, 0.1) is 11.0 Å². The number of amides is 2. The third-order valence-electron chi connectivity index (χ3n) is 4.99. The van der Waals surface area contributed by atoms with Crippen LogP contribution in [0, 0.1) is 0 Å². The van der Waals surface area contributed by atoms with Gasteiger partial charge in [-0.2, -0.15) is 0 Å². The molecule has 0 unspecified atom stereocenters. The Morgan fingerprint density at radius 3 is 2.71 bits per heavy atom. The van der Waals surface area contributed by atoms with E-state index in [1.165, 1.54) is 0 Å². The van der Waals surface area contributed by atoms with Gasteiger partial charge in [0, 0.05) is 24.6 Å². The Kier molecular flexibility index (Phi) is 4.97. The molecule has 1 atom stereocenters. The highest BCUT2D eigenvalue weighted by Crippen LogP contribution is 2.27. The second-order valence-corrected chi connectivity index (χ2v) is 7.01. The smallest absolute Gasteiger partial charge is 0.255 e. The molecule has 7 nitrogen and oxygen atoms in total. The molecule has 7 heteroatoms. The minimum Gasteiger partial charge on any atom is -0.484 e. The van der Waals surface area contributed by atoms with Crippen molar-refractivity contribution < 1.29 is 14.3 Å². The Morgan fingerprint density at radius 1 is 1.18 bits per heavy atom. The van der Waals surface area contributed by atoms with E-state index in [1.807, 2.05) is 29.2 Å². The average molecular weight is 378 g/mol. The monoisotopic (exact) mass is 378 g/mol. The van der Waals surface area contributed by atoms with Crippen molar-refractivity contribution in [2.75, 3.05) is 19.7 Å². The normalized spacial score (nSPS) is 16.9. The number of aromatic nitrogens is 2. The summed E-state index contributed by atoms with van der Waals surface area (Å²) in [6.45, 7) is 1.19. The molecule has 2 amide bonds. The highest BCUT2D eigenvalue weighted by atomic mass is 16.5. The molecule has 1 aromatic heterocycles. The fourth-order valence-electron chi connectivity index (χ4n) is 3.58. The molecule has 3 N–H and O–H groups in total. The number of likely N-dealkylation sites (tertiary alicyclic amines) is 1.